The lowest BCUT2D eigenvalue weighted by molar-refractivity contribution is -0.167. The van der Waals surface area contributed by atoms with Gasteiger partial charge in [0, 0.05) is 19.3 Å². The zero-order valence-electron chi connectivity index (χ0n) is 44.6. The van der Waals surface area contributed by atoms with Crippen LogP contribution in [0, 0.1) is 11.8 Å². The Kier molecular flexibility index (Phi) is 50.5. The number of esters is 3. The Morgan fingerprint density at radius 2 is 0.585 bits per heavy atom. The molecule has 6 heteroatoms. The van der Waals surface area contributed by atoms with Gasteiger partial charge in [0.25, 0.3) is 0 Å². The fourth-order valence-electron chi connectivity index (χ4n) is 9.02. The van der Waals surface area contributed by atoms with E-state index in [0.29, 0.717) is 19.3 Å². The molecule has 0 rings (SSSR count). The van der Waals surface area contributed by atoms with Crippen molar-refractivity contribution in [3.05, 3.63) is 0 Å². The largest absolute Gasteiger partial charge is 0.462 e. The molecular weight excluding hydrogens is 805 g/mol. The Morgan fingerprint density at radius 3 is 0.877 bits per heavy atom. The summed E-state index contributed by atoms with van der Waals surface area (Å²) in [5.41, 5.74) is 0. The van der Waals surface area contributed by atoms with Gasteiger partial charge < -0.3 is 14.2 Å². The summed E-state index contributed by atoms with van der Waals surface area (Å²) in [6.45, 7) is 11.4. The van der Waals surface area contributed by atoms with Crippen LogP contribution in [-0.4, -0.2) is 37.2 Å². The molecule has 0 fully saturated rings. The van der Waals surface area contributed by atoms with Crippen LogP contribution in [0.2, 0.25) is 0 Å². The van der Waals surface area contributed by atoms with Crippen LogP contribution in [0.25, 0.3) is 0 Å². The Balaban J connectivity index is 4.22. The molecule has 386 valence electrons. The van der Waals surface area contributed by atoms with Crippen LogP contribution in [0.4, 0.5) is 0 Å². The van der Waals surface area contributed by atoms with E-state index < -0.39 is 6.10 Å². The van der Waals surface area contributed by atoms with E-state index in [0.717, 1.165) is 69.6 Å². The first-order valence-corrected chi connectivity index (χ1v) is 29.3. The molecule has 6 nitrogen and oxygen atoms in total. The van der Waals surface area contributed by atoms with Gasteiger partial charge in [-0.1, -0.05) is 291 Å². The molecule has 0 aromatic rings. The molecular formula is C59H114O6. The molecule has 0 N–H and O–H groups in total. The molecule has 0 radical (unpaired) electrons. The smallest absolute Gasteiger partial charge is 0.306 e. The average molecular weight is 920 g/mol. The molecule has 0 aromatic heterocycles. The van der Waals surface area contributed by atoms with Crippen molar-refractivity contribution in [2.75, 3.05) is 13.2 Å². The molecule has 0 aliphatic rings. The lowest BCUT2D eigenvalue weighted by Gasteiger charge is -2.18. The molecule has 0 aliphatic carbocycles. The lowest BCUT2D eigenvalue weighted by Crippen LogP contribution is -2.30. The van der Waals surface area contributed by atoms with Crippen molar-refractivity contribution >= 4 is 17.9 Å². The van der Waals surface area contributed by atoms with Gasteiger partial charge in [0.1, 0.15) is 13.2 Å². The van der Waals surface area contributed by atoms with Crippen molar-refractivity contribution in [1.29, 1.82) is 0 Å². The highest BCUT2D eigenvalue weighted by atomic mass is 16.6. The Bertz CT molecular complexity index is 995. The van der Waals surface area contributed by atoms with Crippen LogP contribution in [0.1, 0.15) is 330 Å². The van der Waals surface area contributed by atoms with Crippen molar-refractivity contribution in [2.45, 2.75) is 336 Å². The standard InChI is InChI=1S/C59H114O6/c1-6-8-9-10-11-12-22-29-34-39-44-49-57(60)63-52-56(53-64-58(61)50-45-40-35-30-26-21-23-27-32-37-42-47-54(3)4)65-59(62)51-46-41-36-31-25-20-18-16-14-13-15-17-19-24-28-33-38-43-48-55(5)7-2/h54-56H,6-53H2,1-5H3/t55?,56-/m1/s1. The van der Waals surface area contributed by atoms with Gasteiger partial charge in [0.15, 0.2) is 6.10 Å². The minimum absolute atomic E-state index is 0.0628. The third-order valence-electron chi connectivity index (χ3n) is 13.8. The van der Waals surface area contributed by atoms with Gasteiger partial charge in [-0.25, -0.2) is 0 Å². The van der Waals surface area contributed by atoms with Crippen molar-refractivity contribution in [3.8, 4) is 0 Å². The van der Waals surface area contributed by atoms with E-state index in [1.165, 1.54) is 218 Å². The predicted octanol–water partition coefficient (Wildman–Crippen LogP) is 19.3. The first-order chi connectivity index (χ1) is 31.8. The number of carbonyl (C=O) groups is 3. The van der Waals surface area contributed by atoms with Gasteiger partial charge in [-0.05, 0) is 31.1 Å². The minimum atomic E-state index is -0.762. The van der Waals surface area contributed by atoms with Gasteiger partial charge in [-0.15, -0.1) is 0 Å². The van der Waals surface area contributed by atoms with E-state index in [1.54, 1.807) is 0 Å². The van der Waals surface area contributed by atoms with Crippen LogP contribution >= 0.6 is 0 Å². The third kappa shape index (κ3) is 51.6. The fraction of sp³-hybridized carbons (Fsp3) is 0.949. The molecule has 0 amide bonds. The normalized spacial score (nSPS) is 12.5. The topological polar surface area (TPSA) is 78.9 Å². The van der Waals surface area contributed by atoms with Crippen LogP contribution in [0.3, 0.4) is 0 Å². The number of hydrogen-bond donors (Lipinski definition) is 0. The van der Waals surface area contributed by atoms with E-state index in [1.807, 2.05) is 0 Å². The quantitative estimate of drug-likeness (QED) is 0.0344. The molecule has 65 heavy (non-hydrogen) atoms. The van der Waals surface area contributed by atoms with Gasteiger partial charge >= 0.3 is 17.9 Å². The second-order valence-electron chi connectivity index (χ2n) is 21.0. The van der Waals surface area contributed by atoms with E-state index in [4.69, 9.17) is 14.2 Å². The zero-order chi connectivity index (χ0) is 47.5. The van der Waals surface area contributed by atoms with Gasteiger partial charge in [-0.3, -0.25) is 14.4 Å². The maximum Gasteiger partial charge on any atom is 0.306 e. The summed E-state index contributed by atoms with van der Waals surface area (Å²) < 4.78 is 16.9. The van der Waals surface area contributed by atoms with Gasteiger partial charge in [0.2, 0.25) is 0 Å². The molecule has 1 unspecified atom stereocenters. The number of hydrogen-bond acceptors (Lipinski definition) is 6. The maximum atomic E-state index is 12.9. The van der Waals surface area contributed by atoms with Crippen LogP contribution in [-0.2, 0) is 28.6 Å². The van der Waals surface area contributed by atoms with Crippen molar-refractivity contribution < 1.29 is 28.6 Å². The summed E-state index contributed by atoms with van der Waals surface area (Å²) in [5.74, 6) is 0.896. The maximum absolute atomic E-state index is 12.9. The number of unbranched alkanes of at least 4 members (excludes halogenated alkanes) is 37. The first kappa shape index (κ1) is 63.4. The third-order valence-corrected chi connectivity index (χ3v) is 13.8. The molecule has 0 spiro atoms. The molecule has 0 aliphatic heterocycles. The summed E-state index contributed by atoms with van der Waals surface area (Å²) in [6, 6.07) is 0. The predicted molar refractivity (Wildman–Crippen MR) is 280 cm³/mol. The Morgan fingerprint density at radius 1 is 0.323 bits per heavy atom. The van der Waals surface area contributed by atoms with Crippen molar-refractivity contribution in [1.82, 2.24) is 0 Å². The lowest BCUT2D eigenvalue weighted by atomic mass is 9.99. The fourth-order valence-corrected chi connectivity index (χ4v) is 9.02. The Hall–Kier alpha value is -1.59. The second-order valence-corrected chi connectivity index (χ2v) is 21.0. The number of ether oxygens (including phenoxy) is 3. The molecule has 0 aromatic carbocycles. The van der Waals surface area contributed by atoms with E-state index in [9.17, 15) is 14.4 Å². The van der Waals surface area contributed by atoms with Crippen molar-refractivity contribution in [2.24, 2.45) is 11.8 Å². The highest BCUT2D eigenvalue weighted by Gasteiger charge is 2.19. The molecule has 0 saturated carbocycles. The average Bonchev–Trinajstić information content (AvgIpc) is 3.29. The summed E-state index contributed by atoms with van der Waals surface area (Å²) in [5, 5.41) is 0. The monoisotopic (exact) mass is 919 g/mol. The molecule has 0 saturated heterocycles. The minimum Gasteiger partial charge on any atom is -0.462 e. The first-order valence-electron chi connectivity index (χ1n) is 29.3. The van der Waals surface area contributed by atoms with Gasteiger partial charge in [0.05, 0.1) is 0 Å². The van der Waals surface area contributed by atoms with Crippen LogP contribution in [0.15, 0.2) is 0 Å². The summed E-state index contributed by atoms with van der Waals surface area (Å²) >= 11 is 0. The van der Waals surface area contributed by atoms with Crippen molar-refractivity contribution in [3.63, 3.8) is 0 Å². The number of carbonyl (C=O) groups excluding carboxylic acids is 3. The summed E-state index contributed by atoms with van der Waals surface area (Å²) in [6.07, 6.45) is 55.2. The molecule has 2 atom stereocenters. The SMILES string of the molecule is CCCCCCCCCCCCCC(=O)OC[C@H](COC(=O)CCCCCCCCCCCCCC(C)C)OC(=O)CCCCCCCCCCCCCCCCCCCCC(C)CC. The second kappa shape index (κ2) is 51.8. The van der Waals surface area contributed by atoms with Gasteiger partial charge in [-0.2, -0.15) is 0 Å². The highest BCUT2D eigenvalue weighted by molar-refractivity contribution is 5.71. The summed E-state index contributed by atoms with van der Waals surface area (Å²) in [7, 11) is 0. The van der Waals surface area contributed by atoms with Crippen LogP contribution < -0.4 is 0 Å². The van der Waals surface area contributed by atoms with E-state index in [2.05, 4.69) is 34.6 Å². The van der Waals surface area contributed by atoms with E-state index in [-0.39, 0.29) is 31.1 Å². The molecule has 0 heterocycles. The van der Waals surface area contributed by atoms with Crippen LogP contribution in [0.5, 0.6) is 0 Å². The zero-order valence-corrected chi connectivity index (χ0v) is 44.6. The van der Waals surface area contributed by atoms with E-state index >= 15 is 0 Å². The number of rotatable bonds is 53. The molecule has 0 bridgehead atoms. The highest BCUT2D eigenvalue weighted by Crippen LogP contribution is 2.19. The summed E-state index contributed by atoms with van der Waals surface area (Å²) in [4.78, 5) is 38.1. The Labute approximate surface area is 406 Å².